The third-order valence-electron chi connectivity index (χ3n) is 7.69. The lowest BCUT2D eigenvalue weighted by Crippen LogP contribution is -2.19. The maximum absolute atomic E-state index is 11.6. The van der Waals surface area contributed by atoms with E-state index in [0.717, 1.165) is 25.7 Å². The van der Waals surface area contributed by atoms with Crippen molar-refractivity contribution in [3.05, 3.63) is 24.8 Å². The highest BCUT2D eigenvalue weighted by atomic mass is 16.5. The van der Waals surface area contributed by atoms with Gasteiger partial charge >= 0.3 is 11.9 Å². The van der Waals surface area contributed by atoms with E-state index in [0.29, 0.717) is 6.42 Å². The fourth-order valence-electron chi connectivity index (χ4n) is 5.13. The van der Waals surface area contributed by atoms with E-state index >= 15 is 0 Å². The SMILES string of the molecule is C=CCOC(=O)CC(CCCCC/C=C/CCCCCCCCCCCCCCCCCCCCC)C(=O)O. The minimum absolute atomic E-state index is 0.0531. The van der Waals surface area contributed by atoms with Crippen molar-refractivity contribution in [1.29, 1.82) is 0 Å². The minimum atomic E-state index is -0.912. The van der Waals surface area contributed by atoms with Crippen molar-refractivity contribution in [3.63, 3.8) is 0 Å². The molecule has 4 nitrogen and oxygen atoms in total. The van der Waals surface area contributed by atoms with Gasteiger partial charge in [0.2, 0.25) is 0 Å². The van der Waals surface area contributed by atoms with E-state index < -0.39 is 17.9 Å². The summed E-state index contributed by atoms with van der Waals surface area (Å²) >= 11 is 0. The second kappa shape index (κ2) is 31.0. The molecule has 1 unspecified atom stereocenters. The van der Waals surface area contributed by atoms with Crippen LogP contribution in [0.5, 0.6) is 0 Å². The van der Waals surface area contributed by atoms with Crippen LogP contribution >= 0.6 is 0 Å². The molecule has 0 saturated heterocycles. The molecule has 0 amide bonds. The van der Waals surface area contributed by atoms with Gasteiger partial charge in [0.05, 0.1) is 12.3 Å². The molecular weight excluding hydrogens is 484 g/mol. The van der Waals surface area contributed by atoms with Crippen LogP contribution in [-0.2, 0) is 14.3 Å². The van der Waals surface area contributed by atoms with Gasteiger partial charge in [0.1, 0.15) is 6.61 Å². The number of allylic oxidation sites excluding steroid dienone is 2. The minimum Gasteiger partial charge on any atom is -0.481 e. The van der Waals surface area contributed by atoms with E-state index in [9.17, 15) is 14.7 Å². The normalized spacial score (nSPS) is 12.1. The second-order valence-electron chi connectivity index (χ2n) is 11.5. The topological polar surface area (TPSA) is 63.6 Å². The Morgan fingerprint density at radius 2 is 1.03 bits per heavy atom. The summed E-state index contributed by atoms with van der Waals surface area (Å²) in [7, 11) is 0. The van der Waals surface area contributed by atoms with E-state index in [4.69, 9.17) is 4.74 Å². The van der Waals surface area contributed by atoms with Gasteiger partial charge in [0, 0.05) is 0 Å². The molecule has 1 atom stereocenters. The van der Waals surface area contributed by atoms with Gasteiger partial charge in [-0.2, -0.15) is 0 Å². The Kier molecular flexibility index (Phi) is 29.7. The number of aliphatic carboxylic acids is 1. The van der Waals surface area contributed by atoms with Crippen LogP contribution in [-0.4, -0.2) is 23.7 Å². The molecule has 228 valence electrons. The molecule has 0 aromatic heterocycles. The number of carboxylic acids is 1. The number of ether oxygens (including phenoxy) is 1. The predicted octanol–water partition coefficient (Wildman–Crippen LogP) is 11.1. The zero-order chi connectivity index (χ0) is 28.7. The highest BCUT2D eigenvalue weighted by Crippen LogP contribution is 2.17. The largest absolute Gasteiger partial charge is 0.481 e. The van der Waals surface area contributed by atoms with Crippen LogP contribution in [0.1, 0.15) is 174 Å². The van der Waals surface area contributed by atoms with Crippen LogP contribution in [0.2, 0.25) is 0 Å². The molecule has 0 bridgehead atoms. The van der Waals surface area contributed by atoms with Crippen molar-refractivity contribution in [2.24, 2.45) is 5.92 Å². The summed E-state index contributed by atoms with van der Waals surface area (Å²) in [6.45, 7) is 5.91. The molecule has 0 aromatic rings. The molecule has 1 N–H and O–H groups in total. The number of hydrogen-bond acceptors (Lipinski definition) is 3. The number of carboxylic acid groups (broad SMARTS) is 1. The van der Waals surface area contributed by atoms with Gasteiger partial charge in [0.15, 0.2) is 0 Å². The highest BCUT2D eigenvalue weighted by Gasteiger charge is 2.21. The second-order valence-corrected chi connectivity index (χ2v) is 11.5. The van der Waals surface area contributed by atoms with E-state index in [1.807, 2.05) is 0 Å². The molecule has 0 aliphatic rings. The van der Waals surface area contributed by atoms with Crippen LogP contribution in [0.4, 0.5) is 0 Å². The molecule has 0 aromatic carbocycles. The Hall–Kier alpha value is -1.58. The van der Waals surface area contributed by atoms with Crippen molar-refractivity contribution >= 4 is 11.9 Å². The Morgan fingerprint density at radius 1 is 0.641 bits per heavy atom. The molecule has 0 saturated carbocycles. The molecule has 0 aliphatic heterocycles. The summed E-state index contributed by atoms with van der Waals surface area (Å²) in [5.74, 6) is -2.02. The first-order chi connectivity index (χ1) is 19.1. The Bertz CT molecular complexity index is 583. The van der Waals surface area contributed by atoms with Gasteiger partial charge in [-0.1, -0.05) is 160 Å². The monoisotopic (exact) mass is 548 g/mol. The number of rotatable bonds is 31. The van der Waals surface area contributed by atoms with E-state index in [-0.39, 0.29) is 13.0 Å². The number of esters is 1. The van der Waals surface area contributed by atoms with Crippen molar-refractivity contribution in [2.45, 2.75) is 174 Å². The maximum atomic E-state index is 11.6. The van der Waals surface area contributed by atoms with E-state index in [1.165, 1.54) is 134 Å². The summed E-state index contributed by atoms with van der Waals surface area (Å²) in [6.07, 6.45) is 38.6. The Balaban J connectivity index is 3.34. The van der Waals surface area contributed by atoms with Gasteiger partial charge in [-0.3, -0.25) is 9.59 Å². The first kappa shape index (κ1) is 37.4. The molecule has 39 heavy (non-hydrogen) atoms. The third kappa shape index (κ3) is 29.2. The zero-order valence-electron chi connectivity index (χ0n) is 25.8. The molecule has 0 spiro atoms. The van der Waals surface area contributed by atoms with E-state index in [2.05, 4.69) is 25.7 Å². The molecule has 0 fully saturated rings. The summed E-state index contributed by atoms with van der Waals surface area (Å²) < 4.78 is 4.90. The van der Waals surface area contributed by atoms with Crippen LogP contribution in [0.3, 0.4) is 0 Å². The Labute approximate surface area is 242 Å². The number of carbonyl (C=O) groups is 2. The van der Waals surface area contributed by atoms with E-state index in [1.54, 1.807) is 0 Å². The zero-order valence-corrected chi connectivity index (χ0v) is 25.8. The predicted molar refractivity (Wildman–Crippen MR) is 167 cm³/mol. The van der Waals surface area contributed by atoms with Crippen molar-refractivity contribution < 1.29 is 19.4 Å². The highest BCUT2D eigenvalue weighted by molar-refractivity contribution is 5.78. The molecular formula is C35H64O4. The lowest BCUT2D eigenvalue weighted by molar-refractivity contribution is -0.151. The molecule has 0 heterocycles. The lowest BCUT2D eigenvalue weighted by atomic mass is 9.97. The van der Waals surface area contributed by atoms with Gasteiger partial charge < -0.3 is 9.84 Å². The Morgan fingerprint density at radius 3 is 1.41 bits per heavy atom. The number of carbonyl (C=O) groups excluding carboxylic acids is 1. The standard InChI is InChI=1S/C35H64O4/c1-3-5-6-7-8-9-10-11-12-13-14-15-16-17-18-19-20-21-22-23-24-25-26-27-28-29-30-33(35(37)38)32-34(36)39-31-4-2/h4,24-25,33H,2-3,5-23,26-32H2,1H3,(H,37,38)/b25-24+. The lowest BCUT2D eigenvalue weighted by Gasteiger charge is -2.11. The van der Waals surface area contributed by atoms with Crippen LogP contribution in [0.15, 0.2) is 24.8 Å². The first-order valence-corrected chi connectivity index (χ1v) is 16.8. The quantitative estimate of drug-likeness (QED) is 0.0531. The fourth-order valence-corrected chi connectivity index (χ4v) is 5.13. The van der Waals surface area contributed by atoms with Gasteiger partial charge in [-0.15, -0.1) is 0 Å². The number of unbranched alkanes of at least 4 members (excludes halogenated alkanes) is 22. The molecule has 0 rings (SSSR count). The summed E-state index contributed by atoms with van der Waals surface area (Å²) in [6, 6.07) is 0. The van der Waals surface area contributed by atoms with Gasteiger partial charge in [-0.05, 0) is 32.1 Å². The third-order valence-corrected chi connectivity index (χ3v) is 7.69. The molecule has 0 aliphatic carbocycles. The van der Waals surface area contributed by atoms with Crippen LogP contribution in [0, 0.1) is 5.92 Å². The van der Waals surface area contributed by atoms with Gasteiger partial charge in [0.25, 0.3) is 0 Å². The summed E-state index contributed by atoms with van der Waals surface area (Å²) in [4.78, 5) is 23.0. The average molecular weight is 549 g/mol. The summed E-state index contributed by atoms with van der Waals surface area (Å²) in [5, 5.41) is 9.30. The average Bonchev–Trinajstić information content (AvgIpc) is 2.93. The van der Waals surface area contributed by atoms with Gasteiger partial charge in [-0.25, -0.2) is 0 Å². The molecule has 0 radical (unpaired) electrons. The first-order valence-electron chi connectivity index (χ1n) is 16.8. The van der Waals surface area contributed by atoms with Crippen molar-refractivity contribution in [3.8, 4) is 0 Å². The smallest absolute Gasteiger partial charge is 0.307 e. The van der Waals surface area contributed by atoms with Crippen molar-refractivity contribution in [2.75, 3.05) is 6.61 Å². The number of hydrogen-bond donors (Lipinski definition) is 1. The van der Waals surface area contributed by atoms with Crippen LogP contribution in [0.25, 0.3) is 0 Å². The molecule has 4 heteroatoms. The maximum Gasteiger partial charge on any atom is 0.307 e. The van der Waals surface area contributed by atoms with Crippen molar-refractivity contribution in [1.82, 2.24) is 0 Å². The summed E-state index contributed by atoms with van der Waals surface area (Å²) in [5.41, 5.74) is 0. The fraction of sp³-hybridized carbons (Fsp3) is 0.829. The van der Waals surface area contributed by atoms with Crippen LogP contribution < -0.4 is 0 Å².